The van der Waals surface area contributed by atoms with E-state index in [2.05, 4.69) is 48.0 Å². The van der Waals surface area contributed by atoms with E-state index in [9.17, 15) is 0 Å². The van der Waals surface area contributed by atoms with E-state index in [0.717, 1.165) is 13.1 Å². The highest BCUT2D eigenvalue weighted by Crippen LogP contribution is 2.19. The number of benzene rings is 1. The number of pyridine rings is 1. The summed E-state index contributed by atoms with van der Waals surface area (Å²) >= 11 is 5.91. The molecule has 0 saturated carbocycles. The predicted molar refractivity (Wildman–Crippen MR) is 77.2 cm³/mol. The summed E-state index contributed by atoms with van der Waals surface area (Å²) < 4.78 is 0. The second kappa shape index (κ2) is 5.87. The van der Waals surface area contributed by atoms with Gasteiger partial charge in [0.05, 0.1) is 0 Å². The van der Waals surface area contributed by atoms with Gasteiger partial charge in [-0.05, 0) is 49.2 Å². The molecule has 0 unspecified atom stereocenters. The van der Waals surface area contributed by atoms with E-state index >= 15 is 0 Å². The third kappa shape index (κ3) is 3.23. The molecule has 0 radical (unpaired) electrons. The van der Waals surface area contributed by atoms with Crippen LogP contribution in [-0.4, -0.2) is 11.5 Å². The Labute approximate surface area is 113 Å². The molecule has 0 fully saturated rings. The van der Waals surface area contributed by atoms with Gasteiger partial charge in [0.2, 0.25) is 0 Å². The third-order valence-electron chi connectivity index (χ3n) is 2.91. The van der Waals surface area contributed by atoms with Gasteiger partial charge in [-0.2, -0.15) is 0 Å². The molecule has 0 aliphatic heterocycles. The second-order valence-corrected chi connectivity index (χ2v) is 4.73. The Morgan fingerprint density at radius 2 is 2.06 bits per heavy atom. The number of rotatable bonds is 4. The van der Waals surface area contributed by atoms with Crippen LogP contribution in [0.25, 0.3) is 0 Å². The summed E-state index contributed by atoms with van der Waals surface area (Å²) in [6.07, 6.45) is 1.75. The first kappa shape index (κ1) is 12.9. The summed E-state index contributed by atoms with van der Waals surface area (Å²) in [5.41, 5.74) is 3.70. The van der Waals surface area contributed by atoms with Gasteiger partial charge in [0, 0.05) is 25.0 Å². The molecule has 94 valence electrons. The average Bonchev–Trinajstić information content (AvgIpc) is 2.36. The van der Waals surface area contributed by atoms with Crippen molar-refractivity contribution >= 4 is 17.3 Å². The second-order valence-electron chi connectivity index (χ2n) is 4.34. The van der Waals surface area contributed by atoms with Crippen molar-refractivity contribution in [1.29, 1.82) is 0 Å². The molecule has 1 aromatic heterocycles. The zero-order valence-corrected chi connectivity index (χ0v) is 11.5. The molecule has 2 aromatic rings. The number of hydrogen-bond donors (Lipinski definition) is 0. The van der Waals surface area contributed by atoms with Crippen molar-refractivity contribution in [1.82, 2.24) is 4.98 Å². The molecule has 18 heavy (non-hydrogen) atoms. The van der Waals surface area contributed by atoms with Gasteiger partial charge in [0.1, 0.15) is 5.15 Å². The number of aromatic nitrogens is 1. The number of aryl methyl sites for hydroxylation is 1. The Bertz CT molecular complexity index is 525. The van der Waals surface area contributed by atoms with E-state index in [0.29, 0.717) is 5.15 Å². The summed E-state index contributed by atoms with van der Waals surface area (Å²) in [4.78, 5) is 6.32. The Morgan fingerprint density at radius 3 is 2.72 bits per heavy atom. The van der Waals surface area contributed by atoms with Crippen molar-refractivity contribution in [3.63, 3.8) is 0 Å². The number of hydrogen-bond acceptors (Lipinski definition) is 2. The Hall–Kier alpha value is -1.54. The highest BCUT2D eigenvalue weighted by Gasteiger charge is 2.05. The molecule has 1 aromatic carbocycles. The normalized spacial score (nSPS) is 10.4. The first-order valence-corrected chi connectivity index (χ1v) is 6.49. The fourth-order valence-electron chi connectivity index (χ4n) is 1.97. The Balaban J connectivity index is 2.19. The van der Waals surface area contributed by atoms with E-state index in [4.69, 9.17) is 11.6 Å². The van der Waals surface area contributed by atoms with Gasteiger partial charge < -0.3 is 4.90 Å². The average molecular weight is 261 g/mol. The summed E-state index contributed by atoms with van der Waals surface area (Å²) in [7, 11) is 0. The van der Waals surface area contributed by atoms with Crippen LogP contribution in [0.3, 0.4) is 0 Å². The van der Waals surface area contributed by atoms with Gasteiger partial charge in [-0.1, -0.05) is 23.7 Å². The van der Waals surface area contributed by atoms with Crippen LogP contribution in [0.15, 0.2) is 42.6 Å². The minimum absolute atomic E-state index is 0.549. The van der Waals surface area contributed by atoms with Crippen LogP contribution in [0.1, 0.15) is 18.1 Å². The van der Waals surface area contributed by atoms with Crippen molar-refractivity contribution in [3.05, 3.63) is 58.9 Å². The highest BCUT2D eigenvalue weighted by atomic mass is 35.5. The lowest BCUT2D eigenvalue weighted by atomic mass is 10.2. The molecular weight excluding hydrogens is 244 g/mol. The molecule has 0 N–H and O–H groups in total. The molecule has 0 amide bonds. The molecule has 0 bridgehead atoms. The lowest BCUT2D eigenvalue weighted by Crippen LogP contribution is -2.22. The van der Waals surface area contributed by atoms with Crippen molar-refractivity contribution in [2.75, 3.05) is 11.4 Å². The zero-order chi connectivity index (χ0) is 13.0. The molecule has 0 aliphatic rings. The van der Waals surface area contributed by atoms with Crippen LogP contribution >= 0.6 is 11.6 Å². The molecule has 2 nitrogen and oxygen atoms in total. The van der Waals surface area contributed by atoms with Crippen molar-refractivity contribution in [2.45, 2.75) is 20.4 Å². The predicted octanol–water partition coefficient (Wildman–Crippen LogP) is 4.07. The van der Waals surface area contributed by atoms with Crippen molar-refractivity contribution < 1.29 is 0 Å². The fraction of sp³-hybridized carbons (Fsp3) is 0.267. The SMILES string of the molecule is CCN(Cc1ccnc(Cl)c1)c1cccc(C)c1. The van der Waals surface area contributed by atoms with Gasteiger partial charge in [0.25, 0.3) is 0 Å². The molecule has 0 saturated heterocycles. The van der Waals surface area contributed by atoms with E-state index < -0.39 is 0 Å². The maximum absolute atomic E-state index is 5.91. The largest absolute Gasteiger partial charge is 0.367 e. The smallest absolute Gasteiger partial charge is 0.129 e. The first-order valence-electron chi connectivity index (χ1n) is 6.11. The maximum Gasteiger partial charge on any atom is 0.129 e. The van der Waals surface area contributed by atoms with Crippen molar-refractivity contribution in [2.24, 2.45) is 0 Å². The minimum Gasteiger partial charge on any atom is -0.367 e. The molecule has 1 heterocycles. The Kier molecular flexibility index (Phi) is 4.21. The van der Waals surface area contributed by atoms with Gasteiger partial charge in [0.15, 0.2) is 0 Å². The van der Waals surface area contributed by atoms with Gasteiger partial charge in [-0.25, -0.2) is 4.98 Å². The summed E-state index contributed by atoms with van der Waals surface area (Å²) in [6.45, 7) is 6.08. The van der Waals surface area contributed by atoms with Crippen molar-refractivity contribution in [3.8, 4) is 0 Å². The van der Waals surface area contributed by atoms with Gasteiger partial charge >= 0.3 is 0 Å². The topological polar surface area (TPSA) is 16.1 Å². The third-order valence-corrected chi connectivity index (χ3v) is 3.12. The van der Waals surface area contributed by atoms with Crippen LogP contribution in [-0.2, 0) is 6.54 Å². The fourth-order valence-corrected chi connectivity index (χ4v) is 2.17. The molecule has 0 aliphatic carbocycles. The maximum atomic E-state index is 5.91. The lowest BCUT2D eigenvalue weighted by Gasteiger charge is -2.23. The molecule has 0 spiro atoms. The number of halogens is 1. The first-order chi connectivity index (χ1) is 8.69. The quantitative estimate of drug-likeness (QED) is 0.771. The van der Waals surface area contributed by atoms with Crippen LogP contribution in [0.2, 0.25) is 5.15 Å². The van der Waals surface area contributed by atoms with Crippen LogP contribution in [0.4, 0.5) is 5.69 Å². The number of anilines is 1. The van der Waals surface area contributed by atoms with E-state index in [1.807, 2.05) is 12.1 Å². The molecule has 2 rings (SSSR count). The summed E-state index contributed by atoms with van der Waals surface area (Å²) in [5.74, 6) is 0. The summed E-state index contributed by atoms with van der Waals surface area (Å²) in [5, 5.41) is 0.549. The van der Waals surface area contributed by atoms with E-state index in [1.54, 1.807) is 6.20 Å². The van der Waals surface area contributed by atoms with E-state index in [1.165, 1.54) is 16.8 Å². The Morgan fingerprint density at radius 1 is 1.22 bits per heavy atom. The van der Waals surface area contributed by atoms with Gasteiger partial charge in [-0.3, -0.25) is 0 Å². The standard InChI is InChI=1S/C15H17ClN2/c1-3-18(14-6-4-5-12(2)9-14)11-13-7-8-17-15(16)10-13/h4-10H,3,11H2,1-2H3. The van der Waals surface area contributed by atoms with Crippen LogP contribution in [0, 0.1) is 6.92 Å². The minimum atomic E-state index is 0.549. The highest BCUT2D eigenvalue weighted by molar-refractivity contribution is 6.29. The van der Waals surface area contributed by atoms with Gasteiger partial charge in [-0.15, -0.1) is 0 Å². The van der Waals surface area contributed by atoms with Crippen LogP contribution < -0.4 is 4.90 Å². The van der Waals surface area contributed by atoms with E-state index in [-0.39, 0.29) is 0 Å². The molecular formula is C15H17ClN2. The summed E-state index contributed by atoms with van der Waals surface area (Å²) in [6, 6.07) is 12.5. The molecule has 0 atom stereocenters. The monoisotopic (exact) mass is 260 g/mol. The van der Waals surface area contributed by atoms with Crippen LogP contribution in [0.5, 0.6) is 0 Å². The molecule has 3 heteroatoms. The number of nitrogens with zero attached hydrogens (tertiary/aromatic N) is 2. The zero-order valence-electron chi connectivity index (χ0n) is 10.7. The lowest BCUT2D eigenvalue weighted by molar-refractivity contribution is 0.830.